The van der Waals surface area contributed by atoms with Gasteiger partial charge in [-0.15, -0.1) is 0 Å². The average Bonchev–Trinajstić information content (AvgIpc) is 2.04. The van der Waals surface area contributed by atoms with Gasteiger partial charge in [0.1, 0.15) is 0 Å². The van der Waals surface area contributed by atoms with E-state index in [9.17, 15) is 0 Å². The van der Waals surface area contributed by atoms with E-state index in [0.717, 1.165) is 6.04 Å². The minimum atomic E-state index is 0.121. The van der Waals surface area contributed by atoms with Crippen molar-refractivity contribution in [1.82, 2.24) is 0 Å². The molecule has 13 heavy (non-hydrogen) atoms. The Hall–Kier alpha value is 0.177. The molecule has 0 fully saturated rings. The Morgan fingerprint density at radius 3 is 2.23 bits per heavy atom. The first kappa shape index (κ1) is 13.2. The summed E-state index contributed by atoms with van der Waals surface area (Å²) in [7, 11) is 0.121. The zero-order chi connectivity index (χ0) is 10.2. The molecule has 0 aliphatic rings. The molecule has 0 aliphatic carbocycles. The van der Waals surface area contributed by atoms with Gasteiger partial charge in [0.05, 0.1) is 0 Å². The monoisotopic (exact) mass is 200 g/mol. The van der Waals surface area contributed by atoms with Crippen molar-refractivity contribution in [2.24, 2.45) is 5.41 Å². The van der Waals surface area contributed by atoms with Crippen molar-refractivity contribution in [1.29, 1.82) is 0 Å². The van der Waals surface area contributed by atoms with Crippen LogP contribution in [0.4, 0.5) is 0 Å². The van der Waals surface area contributed by atoms with Gasteiger partial charge >= 0.3 is 0 Å². The van der Waals surface area contributed by atoms with Crippen LogP contribution in [0.1, 0.15) is 59.3 Å². The highest BCUT2D eigenvalue weighted by molar-refractivity contribution is 6.25. The molecule has 0 saturated carbocycles. The summed E-state index contributed by atoms with van der Waals surface area (Å²) in [6.45, 7) is 6.77. The maximum atomic E-state index is 8.87. The fourth-order valence-corrected chi connectivity index (χ4v) is 2.11. The van der Waals surface area contributed by atoms with Crippen molar-refractivity contribution in [3.05, 3.63) is 0 Å². The Morgan fingerprint density at radius 1 is 1.08 bits per heavy atom. The number of unbranched alkanes of at least 4 members (excludes halogenated alkanes) is 4. The molecule has 0 saturated heterocycles. The third-order valence-electron chi connectivity index (χ3n) is 2.51. The first-order valence-electron chi connectivity index (χ1n) is 5.49. The second kappa shape index (κ2) is 7.57. The minimum absolute atomic E-state index is 0.121. The predicted molar refractivity (Wildman–Crippen MR) is 59.9 cm³/mol. The number of hydrogen-bond acceptors (Lipinski definition) is 1. The Morgan fingerprint density at radius 2 is 1.69 bits per heavy atom. The Kier molecular flexibility index (Phi) is 7.67. The van der Waals surface area contributed by atoms with Crippen LogP contribution in [0, 0.1) is 5.41 Å². The van der Waals surface area contributed by atoms with Gasteiger partial charge in [-0.05, 0) is 17.9 Å². The Labute approximate surface area is 85.9 Å². The highest BCUT2D eigenvalue weighted by Gasteiger charge is 2.16. The van der Waals surface area contributed by atoms with Crippen LogP contribution in [-0.2, 0) is 0 Å². The lowest BCUT2D eigenvalue weighted by molar-refractivity contribution is 0.347. The lowest BCUT2D eigenvalue weighted by atomic mass is 9.89. The molecule has 78 valence electrons. The molecule has 0 aromatic rings. The van der Waals surface area contributed by atoms with Crippen molar-refractivity contribution < 1.29 is 4.80 Å². The first-order valence-corrected chi connectivity index (χ1v) is 6.65. The molecule has 2 radical (unpaired) electrons. The second-order valence-corrected chi connectivity index (χ2v) is 5.33. The number of rotatable bonds is 8. The van der Waals surface area contributed by atoms with E-state index >= 15 is 0 Å². The summed E-state index contributed by atoms with van der Waals surface area (Å²) in [6.07, 6.45) is 8.05. The molecule has 0 heterocycles. The van der Waals surface area contributed by atoms with Gasteiger partial charge in [0.2, 0.25) is 9.76 Å². The van der Waals surface area contributed by atoms with Crippen LogP contribution < -0.4 is 0 Å². The summed E-state index contributed by atoms with van der Waals surface area (Å²) in [5, 5.41) is 0. The molecular formula is C11H24OSi. The highest BCUT2D eigenvalue weighted by atomic mass is 28.2. The molecule has 1 nitrogen and oxygen atoms in total. The zero-order valence-electron chi connectivity index (χ0n) is 9.40. The van der Waals surface area contributed by atoms with Crippen molar-refractivity contribution in [2.75, 3.05) is 0 Å². The third-order valence-corrected chi connectivity index (χ3v) is 3.63. The fourth-order valence-electron chi connectivity index (χ4n) is 1.51. The summed E-state index contributed by atoms with van der Waals surface area (Å²) in [5.74, 6) is 0. The Balaban J connectivity index is 3.29. The lowest BCUT2D eigenvalue weighted by Crippen LogP contribution is -2.13. The van der Waals surface area contributed by atoms with Gasteiger partial charge in [-0.3, -0.25) is 0 Å². The highest BCUT2D eigenvalue weighted by Crippen LogP contribution is 2.27. The van der Waals surface area contributed by atoms with Crippen molar-refractivity contribution in [3.63, 3.8) is 0 Å². The molecule has 2 heteroatoms. The predicted octanol–water partition coefficient (Wildman–Crippen LogP) is 3.40. The van der Waals surface area contributed by atoms with Crippen LogP contribution in [-0.4, -0.2) is 14.6 Å². The SMILES string of the molecule is CCCCCCCC(C)(C)C[Si]O. The largest absolute Gasteiger partial charge is 0.432 e. The van der Waals surface area contributed by atoms with E-state index in [4.69, 9.17) is 4.80 Å². The maximum Gasteiger partial charge on any atom is 0.224 e. The molecule has 0 aliphatic heterocycles. The molecular weight excluding hydrogens is 176 g/mol. The molecule has 0 spiro atoms. The standard InChI is InChI=1S/C11H24OSi/c1-4-5-6-7-8-9-11(2,3)10-13-12/h12H,4-10H2,1-3H3. The molecule has 0 aromatic heterocycles. The molecule has 0 amide bonds. The first-order chi connectivity index (χ1) is 6.12. The second-order valence-electron chi connectivity index (χ2n) is 4.66. The maximum absolute atomic E-state index is 8.87. The normalized spacial score (nSPS) is 12.0. The quantitative estimate of drug-likeness (QED) is 0.470. The summed E-state index contributed by atoms with van der Waals surface area (Å²) >= 11 is 0. The summed E-state index contributed by atoms with van der Waals surface area (Å²) in [6, 6.07) is 0.973. The van der Waals surface area contributed by atoms with Crippen molar-refractivity contribution in [2.45, 2.75) is 65.3 Å². The van der Waals surface area contributed by atoms with E-state index in [-0.39, 0.29) is 9.76 Å². The van der Waals surface area contributed by atoms with Gasteiger partial charge < -0.3 is 4.80 Å². The smallest absolute Gasteiger partial charge is 0.224 e. The minimum Gasteiger partial charge on any atom is -0.432 e. The van der Waals surface area contributed by atoms with Crippen molar-refractivity contribution >= 4 is 9.76 Å². The van der Waals surface area contributed by atoms with Crippen LogP contribution in [0.25, 0.3) is 0 Å². The zero-order valence-corrected chi connectivity index (χ0v) is 10.4. The molecule has 0 unspecified atom stereocenters. The lowest BCUT2D eigenvalue weighted by Gasteiger charge is -2.22. The average molecular weight is 200 g/mol. The molecule has 0 rings (SSSR count). The van der Waals surface area contributed by atoms with E-state index in [2.05, 4.69) is 20.8 Å². The van der Waals surface area contributed by atoms with Crippen molar-refractivity contribution in [3.8, 4) is 0 Å². The van der Waals surface area contributed by atoms with Crippen LogP contribution in [0.2, 0.25) is 6.04 Å². The van der Waals surface area contributed by atoms with Gasteiger partial charge in [-0.25, -0.2) is 0 Å². The van der Waals surface area contributed by atoms with E-state index < -0.39 is 0 Å². The third kappa shape index (κ3) is 8.51. The number of hydrogen-bond donors (Lipinski definition) is 1. The van der Waals surface area contributed by atoms with Crippen LogP contribution in [0.15, 0.2) is 0 Å². The molecule has 0 bridgehead atoms. The van der Waals surface area contributed by atoms with Gasteiger partial charge in [0, 0.05) is 0 Å². The van der Waals surface area contributed by atoms with Crippen LogP contribution in [0.5, 0.6) is 0 Å². The summed E-state index contributed by atoms with van der Waals surface area (Å²) in [4.78, 5) is 8.87. The van der Waals surface area contributed by atoms with Gasteiger partial charge in [-0.2, -0.15) is 0 Å². The van der Waals surface area contributed by atoms with Gasteiger partial charge in [-0.1, -0.05) is 52.9 Å². The van der Waals surface area contributed by atoms with Gasteiger partial charge in [0.25, 0.3) is 0 Å². The van der Waals surface area contributed by atoms with E-state index in [0.29, 0.717) is 5.41 Å². The molecule has 0 atom stereocenters. The van der Waals surface area contributed by atoms with Crippen LogP contribution >= 0.6 is 0 Å². The fraction of sp³-hybridized carbons (Fsp3) is 1.00. The van der Waals surface area contributed by atoms with E-state index in [1.54, 1.807) is 0 Å². The Bertz CT molecular complexity index is 113. The molecule has 1 N–H and O–H groups in total. The summed E-state index contributed by atoms with van der Waals surface area (Å²) < 4.78 is 0. The summed E-state index contributed by atoms with van der Waals surface area (Å²) in [5.41, 5.74) is 0.361. The van der Waals surface area contributed by atoms with Crippen LogP contribution in [0.3, 0.4) is 0 Å². The topological polar surface area (TPSA) is 20.2 Å². The van der Waals surface area contributed by atoms with E-state index in [1.165, 1.54) is 38.5 Å². The van der Waals surface area contributed by atoms with Gasteiger partial charge in [0.15, 0.2) is 0 Å². The molecule has 0 aromatic carbocycles. The van der Waals surface area contributed by atoms with E-state index in [1.807, 2.05) is 0 Å².